The van der Waals surface area contributed by atoms with Crippen LogP contribution in [0.25, 0.3) is 0 Å². The Kier molecular flexibility index (Phi) is 5.61. The molecule has 0 aliphatic carbocycles. The summed E-state index contributed by atoms with van der Waals surface area (Å²) < 4.78 is 4.43. The number of methoxy groups -OCH3 is 1. The van der Waals surface area contributed by atoms with Crippen molar-refractivity contribution < 1.29 is 19.7 Å². The minimum absolute atomic E-state index is 0.176. The standard InChI is InChI=1S/C8H17NO4/c1-8(5-10,6-11)9-4-3-7(12)13-2/h9-11H,3-6H2,1-2H3. The summed E-state index contributed by atoms with van der Waals surface area (Å²) in [4.78, 5) is 10.7. The maximum atomic E-state index is 10.7. The van der Waals surface area contributed by atoms with Gasteiger partial charge in [0.25, 0.3) is 0 Å². The highest BCUT2D eigenvalue weighted by atomic mass is 16.5. The highest BCUT2D eigenvalue weighted by molar-refractivity contribution is 5.69. The Morgan fingerprint density at radius 2 is 2.00 bits per heavy atom. The van der Waals surface area contributed by atoms with E-state index in [9.17, 15) is 4.79 Å². The molecule has 13 heavy (non-hydrogen) atoms. The van der Waals surface area contributed by atoms with Crippen LogP contribution in [0.15, 0.2) is 0 Å². The van der Waals surface area contributed by atoms with Gasteiger partial charge in [-0.3, -0.25) is 4.79 Å². The first-order chi connectivity index (χ1) is 6.08. The van der Waals surface area contributed by atoms with E-state index in [0.29, 0.717) is 6.54 Å². The van der Waals surface area contributed by atoms with E-state index < -0.39 is 5.54 Å². The molecule has 0 fully saturated rings. The van der Waals surface area contributed by atoms with Crippen molar-refractivity contribution in [1.82, 2.24) is 5.32 Å². The van der Waals surface area contributed by atoms with E-state index in [1.807, 2.05) is 0 Å². The van der Waals surface area contributed by atoms with Crippen LogP contribution in [0.5, 0.6) is 0 Å². The Labute approximate surface area is 77.7 Å². The predicted octanol–water partition coefficient (Wildman–Crippen LogP) is -1.12. The van der Waals surface area contributed by atoms with Crippen molar-refractivity contribution in [1.29, 1.82) is 0 Å². The minimum atomic E-state index is -0.728. The molecule has 0 aromatic rings. The second-order valence-corrected chi connectivity index (χ2v) is 3.13. The first-order valence-electron chi connectivity index (χ1n) is 4.11. The smallest absolute Gasteiger partial charge is 0.306 e. The van der Waals surface area contributed by atoms with E-state index in [-0.39, 0.29) is 25.6 Å². The zero-order valence-electron chi connectivity index (χ0n) is 8.04. The molecule has 0 bridgehead atoms. The number of hydrogen-bond acceptors (Lipinski definition) is 5. The molecule has 0 aliphatic rings. The summed E-state index contributed by atoms with van der Waals surface area (Å²) >= 11 is 0. The number of aliphatic hydroxyl groups is 2. The van der Waals surface area contributed by atoms with Crippen LogP contribution >= 0.6 is 0 Å². The highest BCUT2D eigenvalue weighted by Crippen LogP contribution is 2.00. The Hall–Kier alpha value is -0.650. The maximum absolute atomic E-state index is 10.7. The normalized spacial score (nSPS) is 11.4. The number of aliphatic hydroxyl groups excluding tert-OH is 2. The zero-order chi connectivity index (χ0) is 10.3. The quantitative estimate of drug-likeness (QED) is 0.464. The Balaban J connectivity index is 3.67. The van der Waals surface area contributed by atoms with Crippen LogP contribution in [0.4, 0.5) is 0 Å². The first-order valence-corrected chi connectivity index (χ1v) is 4.11. The third-order valence-electron chi connectivity index (χ3n) is 1.81. The Morgan fingerprint density at radius 3 is 2.38 bits per heavy atom. The molecule has 0 heterocycles. The zero-order valence-corrected chi connectivity index (χ0v) is 8.04. The Bertz CT molecular complexity index is 156. The lowest BCUT2D eigenvalue weighted by Gasteiger charge is -2.25. The van der Waals surface area contributed by atoms with Crippen LogP contribution in [0.3, 0.4) is 0 Å². The fourth-order valence-corrected chi connectivity index (χ4v) is 0.730. The number of ether oxygens (including phenoxy) is 1. The fourth-order valence-electron chi connectivity index (χ4n) is 0.730. The lowest BCUT2D eigenvalue weighted by atomic mass is 10.1. The van der Waals surface area contributed by atoms with E-state index in [1.165, 1.54) is 7.11 Å². The summed E-state index contributed by atoms with van der Waals surface area (Å²) in [6, 6.07) is 0. The molecule has 0 aromatic heterocycles. The van der Waals surface area contributed by atoms with Crippen LogP contribution in [0.2, 0.25) is 0 Å². The number of carbonyl (C=O) groups is 1. The fraction of sp³-hybridized carbons (Fsp3) is 0.875. The monoisotopic (exact) mass is 191 g/mol. The third kappa shape index (κ3) is 4.82. The topological polar surface area (TPSA) is 78.8 Å². The van der Waals surface area contributed by atoms with E-state index in [4.69, 9.17) is 10.2 Å². The van der Waals surface area contributed by atoms with Gasteiger partial charge in [-0.05, 0) is 6.92 Å². The number of rotatable bonds is 6. The van der Waals surface area contributed by atoms with Gasteiger partial charge in [0.2, 0.25) is 0 Å². The van der Waals surface area contributed by atoms with Crippen LogP contribution in [0.1, 0.15) is 13.3 Å². The van der Waals surface area contributed by atoms with Gasteiger partial charge in [0.05, 0.1) is 32.3 Å². The number of carbonyl (C=O) groups excluding carboxylic acids is 1. The predicted molar refractivity (Wildman–Crippen MR) is 47.2 cm³/mol. The van der Waals surface area contributed by atoms with Crippen LogP contribution in [-0.4, -0.2) is 48.6 Å². The molecule has 5 heteroatoms. The number of esters is 1. The van der Waals surface area contributed by atoms with Gasteiger partial charge in [0.15, 0.2) is 0 Å². The van der Waals surface area contributed by atoms with E-state index >= 15 is 0 Å². The van der Waals surface area contributed by atoms with Crippen LogP contribution in [0, 0.1) is 0 Å². The van der Waals surface area contributed by atoms with Crippen molar-refractivity contribution in [2.24, 2.45) is 0 Å². The first kappa shape index (κ1) is 12.3. The molecule has 0 saturated carbocycles. The number of nitrogens with one attached hydrogen (secondary N) is 1. The molecule has 0 spiro atoms. The van der Waals surface area contributed by atoms with Crippen molar-refractivity contribution in [2.45, 2.75) is 18.9 Å². The molecule has 0 aliphatic heterocycles. The van der Waals surface area contributed by atoms with Crippen molar-refractivity contribution >= 4 is 5.97 Å². The van der Waals surface area contributed by atoms with E-state index in [2.05, 4.69) is 10.1 Å². The molecule has 78 valence electrons. The average Bonchev–Trinajstić information content (AvgIpc) is 2.17. The molecule has 0 amide bonds. The van der Waals surface area contributed by atoms with Crippen molar-refractivity contribution in [3.05, 3.63) is 0 Å². The maximum Gasteiger partial charge on any atom is 0.306 e. The average molecular weight is 191 g/mol. The molecule has 0 radical (unpaired) electrons. The van der Waals surface area contributed by atoms with Crippen LogP contribution in [-0.2, 0) is 9.53 Å². The lowest BCUT2D eigenvalue weighted by molar-refractivity contribution is -0.140. The van der Waals surface area contributed by atoms with Gasteiger partial charge in [-0.2, -0.15) is 0 Å². The summed E-state index contributed by atoms with van der Waals surface area (Å²) in [7, 11) is 1.32. The Morgan fingerprint density at radius 1 is 1.46 bits per heavy atom. The molecule has 0 aromatic carbocycles. The van der Waals surface area contributed by atoms with Crippen molar-refractivity contribution in [3.8, 4) is 0 Å². The largest absolute Gasteiger partial charge is 0.469 e. The highest BCUT2D eigenvalue weighted by Gasteiger charge is 2.21. The molecular formula is C8H17NO4. The van der Waals surface area contributed by atoms with Gasteiger partial charge >= 0.3 is 5.97 Å². The summed E-state index contributed by atoms with van der Waals surface area (Å²) in [6.07, 6.45) is 0.228. The molecular weight excluding hydrogens is 174 g/mol. The molecule has 3 N–H and O–H groups in total. The second kappa shape index (κ2) is 5.90. The minimum Gasteiger partial charge on any atom is -0.469 e. The van der Waals surface area contributed by atoms with Crippen molar-refractivity contribution in [3.63, 3.8) is 0 Å². The molecule has 0 saturated heterocycles. The molecule has 5 nitrogen and oxygen atoms in total. The molecule has 0 unspecified atom stereocenters. The second-order valence-electron chi connectivity index (χ2n) is 3.13. The van der Waals surface area contributed by atoms with Crippen LogP contribution < -0.4 is 5.32 Å². The summed E-state index contributed by atoms with van der Waals surface area (Å²) in [5.41, 5.74) is -0.728. The molecule has 0 rings (SSSR count). The summed E-state index contributed by atoms with van der Waals surface area (Å²) in [5, 5.41) is 20.6. The van der Waals surface area contributed by atoms with Gasteiger partial charge < -0.3 is 20.3 Å². The van der Waals surface area contributed by atoms with Gasteiger partial charge in [-0.25, -0.2) is 0 Å². The van der Waals surface area contributed by atoms with Gasteiger partial charge in [0, 0.05) is 6.54 Å². The van der Waals surface area contributed by atoms with E-state index in [1.54, 1.807) is 6.92 Å². The third-order valence-corrected chi connectivity index (χ3v) is 1.81. The van der Waals surface area contributed by atoms with Gasteiger partial charge in [0.1, 0.15) is 0 Å². The molecule has 0 atom stereocenters. The summed E-state index contributed by atoms with van der Waals surface area (Å²) in [5.74, 6) is -0.314. The lowest BCUT2D eigenvalue weighted by Crippen LogP contribution is -2.49. The van der Waals surface area contributed by atoms with Gasteiger partial charge in [-0.1, -0.05) is 0 Å². The summed E-state index contributed by atoms with van der Waals surface area (Å²) in [6.45, 7) is 1.70. The SMILES string of the molecule is COC(=O)CCNC(C)(CO)CO. The van der Waals surface area contributed by atoms with E-state index in [0.717, 1.165) is 0 Å². The van der Waals surface area contributed by atoms with Crippen molar-refractivity contribution in [2.75, 3.05) is 26.9 Å². The van der Waals surface area contributed by atoms with Gasteiger partial charge in [-0.15, -0.1) is 0 Å². The number of hydrogen-bond donors (Lipinski definition) is 3.